The van der Waals surface area contributed by atoms with Gasteiger partial charge in [-0.3, -0.25) is 0 Å². The minimum atomic E-state index is -1.16. The van der Waals surface area contributed by atoms with E-state index in [0.717, 1.165) is 6.08 Å². The van der Waals surface area contributed by atoms with E-state index in [2.05, 4.69) is 0 Å². The fourth-order valence-electron chi connectivity index (χ4n) is 0.245. The van der Waals surface area contributed by atoms with Crippen molar-refractivity contribution < 1.29 is 44.9 Å². The molecule has 0 radical (unpaired) electrons. The molecule has 0 saturated carbocycles. The van der Waals surface area contributed by atoms with Gasteiger partial charge in [0.05, 0.1) is 5.97 Å². The third kappa shape index (κ3) is 15.7. The van der Waals surface area contributed by atoms with Crippen molar-refractivity contribution in [3.05, 3.63) is 24.3 Å². The average molecular weight is 152 g/mol. The molecular formula is C6H9NaO3. The van der Waals surface area contributed by atoms with Crippen LogP contribution in [0.2, 0.25) is 0 Å². The van der Waals surface area contributed by atoms with Crippen LogP contribution in [0.4, 0.5) is 0 Å². The molecule has 10 heavy (non-hydrogen) atoms. The summed E-state index contributed by atoms with van der Waals surface area (Å²) in [6.07, 6.45) is 5.74. The molecule has 2 N–H and O–H groups in total. The number of carbonyl (C=O) groups excluding carboxylic acids is 1. The monoisotopic (exact) mass is 152 g/mol. The Hall–Kier alpha value is -0.0900. The van der Waals surface area contributed by atoms with Gasteiger partial charge < -0.3 is 15.4 Å². The van der Waals surface area contributed by atoms with Crippen molar-refractivity contribution in [2.24, 2.45) is 0 Å². The second-order valence-corrected chi connectivity index (χ2v) is 1.20. The summed E-state index contributed by atoms with van der Waals surface area (Å²) in [4.78, 5) is 9.64. The molecule has 0 aromatic carbocycles. The maximum Gasteiger partial charge on any atom is 1.00 e. The number of carboxylic acid groups (broad SMARTS) is 1. The molecule has 0 bridgehead atoms. The molecule has 0 aliphatic carbocycles. The molecule has 3 nitrogen and oxygen atoms in total. The normalized spacial score (nSPS) is 8.90. The molecule has 0 unspecified atom stereocenters. The number of carboxylic acids is 1. The van der Waals surface area contributed by atoms with E-state index in [1.807, 2.05) is 0 Å². The van der Waals surface area contributed by atoms with Gasteiger partial charge in [0.2, 0.25) is 0 Å². The zero-order chi connectivity index (χ0) is 6.41. The third-order valence-electron chi connectivity index (χ3n) is 0.536. The van der Waals surface area contributed by atoms with Gasteiger partial charge in [0.25, 0.3) is 0 Å². The Morgan fingerprint density at radius 3 is 2.20 bits per heavy atom. The van der Waals surface area contributed by atoms with Crippen LogP contribution in [0.1, 0.15) is 6.92 Å². The van der Waals surface area contributed by atoms with Crippen LogP contribution in [0.15, 0.2) is 24.3 Å². The van der Waals surface area contributed by atoms with Crippen LogP contribution in [0.25, 0.3) is 0 Å². The van der Waals surface area contributed by atoms with E-state index >= 15 is 0 Å². The molecule has 0 spiro atoms. The van der Waals surface area contributed by atoms with E-state index in [1.165, 1.54) is 6.08 Å². The molecule has 0 aromatic heterocycles. The van der Waals surface area contributed by atoms with Crippen molar-refractivity contribution in [3.8, 4) is 0 Å². The van der Waals surface area contributed by atoms with Crippen LogP contribution in [0, 0.1) is 0 Å². The summed E-state index contributed by atoms with van der Waals surface area (Å²) >= 11 is 0. The van der Waals surface area contributed by atoms with Gasteiger partial charge in [-0.25, -0.2) is 0 Å². The molecule has 52 valence electrons. The molecular weight excluding hydrogens is 143 g/mol. The van der Waals surface area contributed by atoms with Crippen LogP contribution < -0.4 is 34.7 Å². The van der Waals surface area contributed by atoms with E-state index in [4.69, 9.17) is 0 Å². The van der Waals surface area contributed by atoms with E-state index in [0.29, 0.717) is 0 Å². The Kier molecular flexibility index (Phi) is 19.2. The minimum absolute atomic E-state index is 0. The second kappa shape index (κ2) is 11.7. The largest absolute Gasteiger partial charge is 1.00 e. The maximum atomic E-state index is 9.64. The molecule has 0 aliphatic heterocycles. The van der Waals surface area contributed by atoms with Gasteiger partial charge >= 0.3 is 29.6 Å². The molecule has 0 rings (SSSR count). The predicted octanol–water partition coefficient (Wildman–Crippen LogP) is -3.95. The molecule has 0 heterocycles. The summed E-state index contributed by atoms with van der Waals surface area (Å²) in [5, 5.41) is 9.64. The molecule has 4 heteroatoms. The zero-order valence-corrected chi connectivity index (χ0v) is 8.13. The van der Waals surface area contributed by atoms with E-state index < -0.39 is 5.97 Å². The zero-order valence-electron chi connectivity index (χ0n) is 6.13. The standard InChI is InChI=1S/C6H8O2.Na.H2O/c1-2-3-4-5-6(7)8;;/h2-5H,1H3,(H,7,8);;1H2/q;+1;/p-1/b3-2+,5-4+;;. The van der Waals surface area contributed by atoms with Crippen molar-refractivity contribution in [1.82, 2.24) is 0 Å². The number of aliphatic carboxylic acids is 1. The van der Waals surface area contributed by atoms with Crippen molar-refractivity contribution in [2.75, 3.05) is 0 Å². The summed E-state index contributed by atoms with van der Waals surface area (Å²) in [5.74, 6) is -1.16. The Morgan fingerprint density at radius 1 is 1.40 bits per heavy atom. The van der Waals surface area contributed by atoms with Crippen molar-refractivity contribution in [3.63, 3.8) is 0 Å². The van der Waals surface area contributed by atoms with Crippen LogP contribution in [0.5, 0.6) is 0 Å². The van der Waals surface area contributed by atoms with Gasteiger partial charge in [0, 0.05) is 0 Å². The summed E-state index contributed by atoms with van der Waals surface area (Å²) in [6, 6.07) is 0. The fraction of sp³-hybridized carbons (Fsp3) is 0.167. The summed E-state index contributed by atoms with van der Waals surface area (Å²) in [7, 11) is 0. The number of allylic oxidation sites excluding steroid dienone is 3. The topological polar surface area (TPSA) is 71.6 Å². The number of carbonyl (C=O) groups is 1. The van der Waals surface area contributed by atoms with Gasteiger partial charge in [-0.2, -0.15) is 0 Å². The number of hydrogen-bond acceptors (Lipinski definition) is 2. The van der Waals surface area contributed by atoms with E-state index in [-0.39, 0.29) is 35.0 Å². The molecule has 0 atom stereocenters. The SMILES string of the molecule is C/C=C/C=C/C(=O)[O-].O.[Na+]. The van der Waals surface area contributed by atoms with Crippen LogP contribution in [-0.4, -0.2) is 11.4 Å². The molecule has 0 aliphatic rings. The van der Waals surface area contributed by atoms with E-state index in [9.17, 15) is 9.90 Å². The molecule has 0 fully saturated rings. The van der Waals surface area contributed by atoms with Crippen LogP contribution >= 0.6 is 0 Å². The molecule has 0 amide bonds. The molecule has 0 saturated heterocycles. The van der Waals surface area contributed by atoms with Crippen molar-refractivity contribution >= 4 is 5.97 Å². The van der Waals surface area contributed by atoms with Gasteiger partial charge in [0.1, 0.15) is 0 Å². The quantitative estimate of drug-likeness (QED) is 0.230. The van der Waals surface area contributed by atoms with Crippen molar-refractivity contribution in [2.45, 2.75) is 6.92 Å². The van der Waals surface area contributed by atoms with Crippen molar-refractivity contribution in [1.29, 1.82) is 0 Å². The summed E-state index contributed by atoms with van der Waals surface area (Å²) in [5.41, 5.74) is 0. The third-order valence-corrected chi connectivity index (χ3v) is 0.536. The fourth-order valence-corrected chi connectivity index (χ4v) is 0.245. The van der Waals surface area contributed by atoms with Gasteiger partial charge in [-0.1, -0.05) is 18.2 Å². The first kappa shape index (κ1) is 16.5. The Labute approximate surface area is 82.0 Å². The Balaban J connectivity index is -0.000000245. The summed E-state index contributed by atoms with van der Waals surface area (Å²) in [6.45, 7) is 1.81. The summed E-state index contributed by atoms with van der Waals surface area (Å²) < 4.78 is 0. The Morgan fingerprint density at radius 2 is 1.90 bits per heavy atom. The van der Waals surface area contributed by atoms with Gasteiger partial charge in [0.15, 0.2) is 0 Å². The smallest absolute Gasteiger partial charge is 0.545 e. The Bertz CT molecular complexity index is 129. The first-order chi connectivity index (χ1) is 3.77. The first-order valence-electron chi connectivity index (χ1n) is 2.27. The van der Waals surface area contributed by atoms with Crippen LogP contribution in [0.3, 0.4) is 0 Å². The van der Waals surface area contributed by atoms with Crippen LogP contribution in [-0.2, 0) is 4.79 Å². The first-order valence-corrected chi connectivity index (χ1v) is 2.27. The maximum absolute atomic E-state index is 9.64. The number of hydrogen-bond donors (Lipinski definition) is 0. The van der Waals surface area contributed by atoms with Gasteiger partial charge in [-0.15, -0.1) is 0 Å². The average Bonchev–Trinajstić information content (AvgIpc) is 1.66. The molecule has 0 aromatic rings. The second-order valence-electron chi connectivity index (χ2n) is 1.20. The van der Waals surface area contributed by atoms with E-state index in [1.54, 1.807) is 19.1 Å². The number of rotatable bonds is 2. The minimum Gasteiger partial charge on any atom is -0.545 e. The predicted molar refractivity (Wildman–Crippen MR) is 32.6 cm³/mol. The van der Waals surface area contributed by atoms with Gasteiger partial charge in [-0.05, 0) is 13.0 Å².